The van der Waals surface area contributed by atoms with Crippen LogP contribution in [0.4, 0.5) is 5.69 Å². The normalized spacial score (nSPS) is 21.0. The van der Waals surface area contributed by atoms with Gasteiger partial charge in [-0.1, -0.05) is 42.5 Å². The van der Waals surface area contributed by atoms with Crippen LogP contribution in [0.15, 0.2) is 78.0 Å². The topological polar surface area (TPSA) is 73.4 Å². The number of allylic oxidation sites excluding steroid dienone is 3. The van der Waals surface area contributed by atoms with Crippen molar-refractivity contribution in [1.82, 2.24) is 14.7 Å². The Labute approximate surface area is 273 Å². The predicted octanol–water partition coefficient (Wildman–Crippen LogP) is 6.15. The molecule has 0 radical (unpaired) electrons. The van der Waals surface area contributed by atoms with Gasteiger partial charge in [0.2, 0.25) is 11.8 Å². The number of para-hydroxylation sites is 1. The van der Waals surface area contributed by atoms with Gasteiger partial charge in [-0.25, -0.2) is 4.79 Å². The number of benzene rings is 2. The van der Waals surface area contributed by atoms with Crippen molar-refractivity contribution in [3.05, 3.63) is 89.1 Å². The average Bonchev–Trinajstić information content (AvgIpc) is 3.40. The molecule has 0 unspecified atom stereocenters. The van der Waals surface area contributed by atoms with Gasteiger partial charge in [-0.15, -0.1) is 0 Å². The molecule has 8 nitrogen and oxygen atoms in total. The van der Waals surface area contributed by atoms with E-state index in [1.54, 1.807) is 6.07 Å². The zero-order chi connectivity index (χ0) is 32.7. The second-order valence-electron chi connectivity index (χ2n) is 14.7. The molecule has 0 bridgehead atoms. The first-order chi connectivity index (χ1) is 21.9. The highest BCUT2D eigenvalue weighted by atomic mass is 16.6. The number of amides is 2. The summed E-state index contributed by atoms with van der Waals surface area (Å²) in [6.07, 6.45) is 8.66. The summed E-state index contributed by atoms with van der Waals surface area (Å²) in [6.45, 7) is 13.9. The van der Waals surface area contributed by atoms with Crippen molar-refractivity contribution in [3.8, 4) is 0 Å². The molecule has 0 atom stereocenters. The molecule has 2 aromatic rings. The van der Waals surface area contributed by atoms with Crippen molar-refractivity contribution in [2.24, 2.45) is 5.41 Å². The number of hydrogen-bond donors (Lipinski definition) is 0. The van der Waals surface area contributed by atoms with Gasteiger partial charge in [-0.3, -0.25) is 9.59 Å². The smallest absolute Gasteiger partial charge is 0.338 e. The number of carbonyl (C=O) groups excluding carboxylic acids is 3. The number of likely N-dealkylation sites (tertiary alicyclic amines) is 1. The van der Waals surface area contributed by atoms with Gasteiger partial charge in [0.1, 0.15) is 11.1 Å². The Balaban J connectivity index is 1.12. The number of ether oxygens (including phenoxy) is 1. The number of piperidine rings is 1. The van der Waals surface area contributed by atoms with Crippen LogP contribution >= 0.6 is 0 Å². The summed E-state index contributed by atoms with van der Waals surface area (Å²) in [5, 5.41) is 0. The zero-order valence-electron chi connectivity index (χ0n) is 28.1. The Kier molecular flexibility index (Phi) is 8.61. The first-order valence-electron chi connectivity index (χ1n) is 16.8. The van der Waals surface area contributed by atoms with Crippen LogP contribution in [0, 0.1) is 5.41 Å². The van der Waals surface area contributed by atoms with Gasteiger partial charge in [0.25, 0.3) is 0 Å². The third kappa shape index (κ3) is 6.11. The first-order valence-corrected chi connectivity index (χ1v) is 16.8. The van der Waals surface area contributed by atoms with Crippen LogP contribution < -0.4 is 4.90 Å². The molecule has 2 aromatic carbocycles. The minimum Gasteiger partial charge on any atom is -0.456 e. The van der Waals surface area contributed by atoms with Gasteiger partial charge in [0, 0.05) is 37.6 Å². The molecule has 2 saturated heterocycles. The molecule has 2 fully saturated rings. The van der Waals surface area contributed by atoms with E-state index in [9.17, 15) is 14.4 Å². The lowest BCUT2D eigenvalue weighted by Crippen LogP contribution is -2.56. The fourth-order valence-electron chi connectivity index (χ4n) is 7.59. The summed E-state index contributed by atoms with van der Waals surface area (Å²) in [5.74, 6) is 0.00391. The summed E-state index contributed by atoms with van der Waals surface area (Å²) < 4.78 is 5.58. The lowest BCUT2D eigenvalue weighted by atomic mass is 9.83. The summed E-state index contributed by atoms with van der Waals surface area (Å²) in [4.78, 5) is 49.1. The van der Waals surface area contributed by atoms with Crippen LogP contribution in [0.1, 0.15) is 82.6 Å². The number of carbonyl (C=O) groups is 3. The fraction of sp³-hybridized carbons (Fsp3) is 0.500. The van der Waals surface area contributed by atoms with E-state index in [4.69, 9.17) is 4.74 Å². The highest BCUT2D eigenvalue weighted by molar-refractivity contribution is 5.94. The van der Waals surface area contributed by atoms with E-state index >= 15 is 0 Å². The molecule has 1 aliphatic carbocycles. The van der Waals surface area contributed by atoms with Gasteiger partial charge in [0.05, 0.1) is 17.6 Å². The maximum Gasteiger partial charge on any atom is 0.338 e. The fourth-order valence-corrected chi connectivity index (χ4v) is 7.59. The second-order valence-corrected chi connectivity index (χ2v) is 14.7. The molecule has 0 N–H and O–H groups in total. The van der Waals surface area contributed by atoms with Crippen LogP contribution in [0.25, 0.3) is 0 Å². The number of rotatable bonds is 8. The molecule has 8 heteroatoms. The van der Waals surface area contributed by atoms with E-state index in [0.717, 1.165) is 69.5 Å². The van der Waals surface area contributed by atoms with Crippen LogP contribution in [-0.2, 0) is 20.9 Å². The molecule has 1 spiro atoms. The van der Waals surface area contributed by atoms with Crippen molar-refractivity contribution in [1.29, 1.82) is 0 Å². The summed E-state index contributed by atoms with van der Waals surface area (Å²) in [7, 11) is 0. The monoisotopic (exact) mass is 624 g/mol. The summed E-state index contributed by atoms with van der Waals surface area (Å²) in [5.41, 5.74) is 3.22. The Morgan fingerprint density at radius 2 is 1.67 bits per heavy atom. The van der Waals surface area contributed by atoms with Crippen LogP contribution in [-0.4, -0.2) is 76.5 Å². The number of esters is 1. The summed E-state index contributed by atoms with van der Waals surface area (Å²) in [6, 6.07) is 17.7. The van der Waals surface area contributed by atoms with Crippen molar-refractivity contribution < 1.29 is 19.1 Å². The first kappa shape index (κ1) is 32.0. The Morgan fingerprint density at radius 3 is 2.39 bits per heavy atom. The van der Waals surface area contributed by atoms with Crippen molar-refractivity contribution >= 4 is 23.5 Å². The predicted molar refractivity (Wildman–Crippen MR) is 180 cm³/mol. The van der Waals surface area contributed by atoms with Crippen LogP contribution in [0.5, 0.6) is 0 Å². The molecule has 3 aliphatic heterocycles. The largest absolute Gasteiger partial charge is 0.456 e. The van der Waals surface area contributed by atoms with Gasteiger partial charge in [-0.2, -0.15) is 0 Å². The molecule has 46 heavy (non-hydrogen) atoms. The quantitative estimate of drug-likeness (QED) is 0.329. The minimum atomic E-state index is -0.607. The lowest BCUT2D eigenvalue weighted by Gasteiger charge is -2.43. The van der Waals surface area contributed by atoms with E-state index < -0.39 is 16.6 Å². The van der Waals surface area contributed by atoms with Gasteiger partial charge >= 0.3 is 5.97 Å². The standard InChI is InChI=1S/C38H48N4O4/c1-36(2,3)46-33(43)29-14-11-13-28(25-29)26-40-27-42(30-15-7-6-8-16-30)38(35(40)45)19-23-39(24-20-38)21-12-22-41-32-18-10-9-17-31(32)37(4,5)34(41)44/h6-9,11,13-17,25H,10,12,18-24,26-27H2,1-5H3. The number of nitrogens with zero attached hydrogens (tertiary/aromatic N) is 4. The number of anilines is 1. The minimum absolute atomic E-state index is 0.147. The van der Waals surface area contributed by atoms with Crippen molar-refractivity contribution in [3.63, 3.8) is 0 Å². The van der Waals surface area contributed by atoms with E-state index in [-0.39, 0.29) is 17.8 Å². The molecule has 0 aromatic heterocycles. The van der Waals surface area contributed by atoms with Crippen LogP contribution in [0.2, 0.25) is 0 Å². The second kappa shape index (κ2) is 12.4. The third-order valence-electron chi connectivity index (χ3n) is 9.98. The Hall–Kier alpha value is -3.91. The number of hydrogen-bond acceptors (Lipinski definition) is 6. The maximum atomic E-state index is 14.3. The highest BCUT2D eigenvalue weighted by Gasteiger charge is 2.53. The Bertz CT molecular complexity index is 1550. The molecular weight excluding hydrogens is 576 g/mol. The molecule has 3 heterocycles. The van der Waals surface area contributed by atoms with E-state index in [2.05, 4.69) is 34.1 Å². The zero-order valence-corrected chi connectivity index (χ0v) is 28.1. The van der Waals surface area contributed by atoms with E-state index in [1.807, 2.05) is 80.8 Å². The van der Waals surface area contributed by atoms with Crippen molar-refractivity contribution in [2.75, 3.05) is 37.7 Å². The van der Waals surface area contributed by atoms with Crippen molar-refractivity contribution in [2.45, 2.75) is 84.4 Å². The highest BCUT2D eigenvalue weighted by Crippen LogP contribution is 2.44. The molecule has 4 aliphatic rings. The van der Waals surface area contributed by atoms with Gasteiger partial charge in [-0.05, 0) is 109 Å². The molecule has 0 saturated carbocycles. The van der Waals surface area contributed by atoms with E-state index in [1.165, 1.54) is 11.3 Å². The molecule has 244 valence electrons. The van der Waals surface area contributed by atoms with E-state index in [0.29, 0.717) is 18.8 Å². The molecule has 2 amide bonds. The Morgan fingerprint density at radius 1 is 0.935 bits per heavy atom. The molecule has 6 rings (SSSR count). The lowest BCUT2D eigenvalue weighted by molar-refractivity contribution is -0.135. The van der Waals surface area contributed by atoms with Gasteiger partial charge in [0.15, 0.2) is 0 Å². The third-order valence-corrected chi connectivity index (χ3v) is 9.98. The maximum absolute atomic E-state index is 14.3. The molecular formula is C38H48N4O4. The average molecular weight is 625 g/mol. The SMILES string of the molecule is CC(C)(C)OC(=O)c1cccc(CN2CN(c3ccccc3)C3(CCN(CCCN4C(=O)C(C)(C)C5=C4CCC=C5)CC3)C2=O)c1. The summed E-state index contributed by atoms with van der Waals surface area (Å²) >= 11 is 0. The van der Waals surface area contributed by atoms with Crippen LogP contribution in [0.3, 0.4) is 0 Å². The van der Waals surface area contributed by atoms with Gasteiger partial charge < -0.3 is 24.3 Å².